The third-order valence-electron chi connectivity index (χ3n) is 2.62. The van der Waals surface area contributed by atoms with Crippen LogP contribution in [0, 0.1) is 11.3 Å². The van der Waals surface area contributed by atoms with Gasteiger partial charge >= 0.3 is 0 Å². The van der Waals surface area contributed by atoms with Gasteiger partial charge in [0.05, 0.1) is 11.6 Å². The van der Waals surface area contributed by atoms with Gasteiger partial charge in [-0.25, -0.2) is 5.84 Å². The van der Waals surface area contributed by atoms with Gasteiger partial charge in [-0.15, -0.1) is 5.10 Å². The van der Waals surface area contributed by atoms with Crippen molar-refractivity contribution in [1.82, 2.24) is 14.5 Å². The summed E-state index contributed by atoms with van der Waals surface area (Å²) in [5.41, 5.74) is 5.17. The van der Waals surface area contributed by atoms with Gasteiger partial charge in [-0.05, 0) is 24.7 Å². The van der Waals surface area contributed by atoms with Crippen molar-refractivity contribution in [3.05, 3.63) is 41.1 Å². The molecule has 2 rings (SSSR count). The molecule has 0 radical (unpaired) electrons. The van der Waals surface area contributed by atoms with Gasteiger partial charge in [-0.3, -0.25) is 4.90 Å². The highest BCUT2D eigenvalue weighted by Crippen LogP contribution is 2.18. The topological polar surface area (TPSA) is 90.9 Å². The first-order chi connectivity index (χ1) is 9.22. The minimum atomic E-state index is 0.646. The zero-order valence-electron chi connectivity index (χ0n) is 10.5. The first-order valence-corrected chi connectivity index (χ1v) is 6.45. The van der Waals surface area contributed by atoms with E-state index in [1.807, 2.05) is 25.2 Å². The number of rotatable bonds is 5. The third kappa shape index (κ3) is 3.48. The maximum absolute atomic E-state index is 8.87. The van der Waals surface area contributed by atoms with E-state index in [1.165, 1.54) is 11.5 Å². The quantitative estimate of drug-likeness (QED) is 0.631. The highest BCUT2D eigenvalue weighted by Gasteiger charge is 2.10. The van der Waals surface area contributed by atoms with E-state index in [4.69, 9.17) is 11.1 Å². The second-order valence-electron chi connectivity index (χ2n) is 4.18. The summed E-state index contributed by atoms with van der Waals surface area (Å²) in [5, 5.41) is 13.7. The molecule has 3 N–H and O–H groups in total. The molecular weight excluding hydrogens is 260 g/mol. The summed E-state index contributed by atoms with van der Waals surface area (Å²) in [6.45, 7) is 1.38. The first kappa shape index (κ1) is 13.4. The normalized spacial score (nSPS) is 10.4. The molecule has 98 valence electrons. The lowest BCUT2D eigenvalue weighted by Gasteiger charge is -2.15. The number of hydrogen-bond acceptors (Lipinski definition) is 7. The summed E-state index contributed by atoms with van der Waals surface area (Å²) >= 11 is 1.24. The van der Waals surface area contributed by atoms with Crippen LogP contribution in [0.4, 0.5) is 5.00 Å². The van der Waals surface area contributed by atoms with Crippen LogP contribution in [0.2, 0.25) is 0 Å². The number of nitriles is 1. The zero-order valence-corrected chi connectivity index (χ0v) is 11.3. The SMILES string of the molecule is CN(Cc1cccc(C#N)c1)Cc1nnsc1NN. The van der Waals surface area contributed by atoms with Crippen molar-refractivity contribution in [3.8, 4) is 6.07 Å². The molecule has 0 aliphatic rings. The van der Waals surface area contributed by atoms with Gasteiger partial charge in [0.15, 0.2) is 0 Å². The zero-order chi connectivity index (χ0) is 13.7. The smallest absolute Gasteiger partial charge is 0.148 e. The molecule has 0 unspecified atom stereocenters. The molecule has 7 heteroatoms. The van der Waals surface area contributed by atoms with Crippen molar-refractivity contribution in [2.24, 2.45) is 5.84 Å². The van der Waals surface area contributed by atoms with Crippen LogP contribution < -0.4 is 11.3 Å². The first-order valence-electron chi connectivity index (χ1n) is 5.68. The van der Waals surface area contributed by atoms with Crippen molar-refractivity contribution in [2.75, 3.05) is 12.5 Å². The Hall–Kier alpha value is -2.01. The van der Waals surface area contributed by atoms with Gasteiger partial charge in [0.1, 0.15) is 10.7 Å². The van der Waals surface area contributed by atoms with E-state index in [2.05, 4.69) is 26.0 Å². The van der Waals surface area contributed by atoms with E-state index >= 15 is 0 Å². The summed E-state index contributed by atoms with van der Waals surface area (Å²) < 4.78 is 3.86. The van der Waals surface area contributed by atoms with Gasteiger partial charge in [0, 0.05) is 24.6 Å². The van der Waals surface area contributed by atoms with Crippen LogP contribution in [0.1, 0.15) is 16.8 Å². The molecule has 0 amide bonds. The number of hydrazine groups is 1. The van der Waals surface area contributed by atoms with E-state index in [9.17, 15) is 0 Å². The number of nitrogen functional groups attached to an aromatic ring is 1. The van der Waals surface area contributed by atoms with Crippen LogP contribution in [0.25, 0.3) is 0 Å². The van der Waals surface area contributed by atoms with Crippen LogP contribution in [-0.2, 0) is 13.1 Å². The van der Waals surface area contributed by atoms with Crippen LogP contribution in [-0.4, -0.2) is 21.5 Å². The Morgan fingerprint density at radius 3 is 3.05 bits per heavy atom. The van der Waals surface area contributed by atoms with Gasteiger partial charge in [0.2, 0.25) is 0 Å². The lowest BCUT2D eigenvalue weighted by Crippen LogP contribution is -2.19. The molecule has 1 aromatic carbocycles. The highest BCUT2D eigenvalue weighted by molar-refractivity contribution is 7.10. The molecule has 1 aromatic heterocycles. The number of aromatic nitrogens is 2. The fraction of sp³-hybridized carbons (Fsp3) is 0.250. The highest BCUT2D eigenvalue weighted by atomic mass is 32.1. The van der Waals surface area contributed by atoms with Crippen LogP contribution >= 0.6 is 11.5 Å². The van der Waals surface area contributed by atoms with Gasteiger partial charge in [-0.2, -0.15) is 5.26 Å². The fourth-order valence-corrected chi connectivity index (χ4v) is 2.27. The minimum Gasteiger partial charge on any atom is -0.313 e. The number of nitrogens with zero attached hydrogens (tertiary/aromatic N) is 4. The Balaban J connectivity index is 2.01. The van der Waals surface area contributed by atoms with Crippen molar-refractivity contribution < 1.29 is 0 Å². The maximum atomic E-state index is 8.87. The Kier molecular flexibility index (Phi) is 4.41. The average Bonchev–Trinajstić information content (AvgIpc) is 2.86. The van der Waals surface area contributed by atoms with Crippen LogP contribution in [0.5, 0.6) is 0 Å². The molecule has 0 atom stereocenters. The Labute approximate surface area is 115 Å². The summed E-state index contributed by atoms with van der Waals surface area (Å²) in [6, 6.07) is 9.71. The summed E-state index contributed by atoms with van der Waals surface area (Å²) in [4.78, 5) is 2.09. The fourth-order valence-electron chi connectivity index (χ4n) is 1.78. The molecular formula is C12H14N6S. The van der Waals surface area contributed by atoms with Crippen LogP contribution in [0.3, 0.4) is 0 Å². The Bertz CT molecular complexity index is 588. The standard InChI is InChI=1S/C12H14N6S/c1-18(8-11-12(15-14)19-17-16-11)7-10-4-2-3-9(5-10)6-13/h2-5,15H,7-8,14H2,1H3. The largest absolute Gasteiger partial charge is 0.313 e. The van der Waals surface area contributed by atoms with E-state index in [1.54, 1.807) is 6.07 Å². The van der Waals surface area contributed by atoms with Gasteiger partial charge in [-0.1, -0.05) is 16.6 Å². The molecule has 19 heavy (non-hydrogen) atoms. The predicted octanol–water partition coefficient (Wildman–Crippen LogP) is 1.33. The van der Waals surface area contributed by atoms with E-state index < -0.39 is 0 Å². The monoisotopic (exact) mass is 274 g/mol. The van der Waals surface area contributed by atoms with E-state index in [0.29, 0.717) is 12.1 Å². The lowest BCUT2D eigenvalue weighted by atomic mass is 10.1. The maximum Gasteiger partial charge on any atom is 0.148 e. The minimum absolute atomic E-state index is 0.646. The van der Waals surface area contributed by atoms with Gasteiger partial charge in [0.25, 0.3) is 0 Å². The molecule has 0 saturated heterocycles. The predicted molar refractivity (Wildman–Crippen MR) is 74.0 cm³/mol. The number of anilines is 1. The molecule has 0 fully saturated rings. The van der Waals surface area contributed by atoms with Gasteiger partial charge < -0.3 is 5.43 Å². The summed E-state index contributed by atoms with van der Waals surface area (Å²) in [6.07, 6.45) is 0. The molecule has 0 spiro atoms. The molecule has 0 saturated carbocycles. The van der Waals surface area contributed by atoms with Crippen molar-refractivity contribution in [3.63, 3.8) is 0 Å². The van der Waals surface area contributed by atoms with Crippen molar-refractivity contribution in [1.29, 1.82) is 5.26 Å². The third-order valence-corrected chi connectivity index (χ3v) is 3.31. The molecule has 1 heterocycles. The Morgan fingerprint density at radius 1 is 1.47 bits per heavy atom. The second kappa shape index (κ2) is 6.24. The number of nitrogens with one attached hydrogen (secondary N) is 1. The summed E-state index contributed by atoms with van der Waals surface area (Å²) in [7, 11) is 1.98. The number of benzene rings is 1. The number of nitrogens with two attached hydrogens (primary N) is 1. The van der Waals surface area contributed by atoms with Crippen LogP contribution in [0.15, 0.2) is 24.3 Å². The van der Waals surface area contributed by atoms with Crippen molar-refractivity contribution >= 4 is 16.5 Å². The molecule has 2 aromatic rings. The lowest BCUT2D eigenvalue weighted by molar-refractivity contribution is 0.315. The molecule has 0 aliphatic heterocycles. The molecule has 0 bridgehead atoms. The molecule has 0 aliphatic carbocycles. The second-order valence-corrected chi connectivity index (χ2v) is 4.93. The van der Waals surface area contributed by atoms with Crippen molar-refractivity contribution in [2.45, 2.75) is 13.1 Å². The summed E-state index contributed by atoms with van der Waals surface area (Å²) in [5.74, 6) is 5.39. The van der Waals surface area contributed by atoms with E-state index in [-0.39, 0.29) is 0 Å². The Morgan fingerprint density at radius 2 is 2.32 bits per heavy atom. The van der Waals surface area contributed by atoms with E-state index in [0.717, 1.165) is 22.8 Å². The average molecular weight is 274 g/mol. The number of hydrogen-bond donors (Lipinski definition) is 2. The molecule has 6 nitrogen and oxygen atoms in total.